The van der Waals surface area contributed by atoms with E-state index >= 15 is 0 Å². The summed E-state index contributed by atoms with van der Waals surface area (Å²) < 4.78 is 5.43. The molecule has 1 aliphatic heterocycles. The molecule has 0 spiro atoms. The lowest BCUT2D eigenvalue weighted by molar-refractivity contribution is -0.135. The molecule has 1 aromatic carbocycles. The normalized spacial score (nSPS) is 18.2. The Hall–Kier alpha value is -1.15. The number of hydrogen-bond donors (Lipinski definition) is 0. The van der Waals surface area contributed by atoms with Crippen molar-refractivity contribution in [1.29, 1.82) is 0 Å². The monoisotopic (exact) mass is 260 g/mol. The second kappa shape index (κ2) is 6.85. The Morgan fingerprint density at radius 2 is 1.89 bits per heavy atom. The molecular weight excluding hydrogens is 236 g/mol. The van der Waals surface area contributed by atoms with Gasteiger partial charge < -0.3 is 4.74 Å². The van der Waals surface area contributed by atoms with Crippen LogP contribution < -0.4 is 0 Å². The fourth-order valence-corrected chi connectivity index (χ4v) is 3.08. The molecule has 0 N–H and O–H groups in total. The molecule has 1 aliphatic rings. The molecule has 1 saturated heterocycles. The minimum atomic E-state index is -0.0955. The molecule has 1 fully saturated rings. The van der Waals surface area contributed by atoms with E-state index in [0.717, 1.165) is 45.3 Å². The summed E-state index contributed by atoms with van der Waals surface area (Å²) in [6, 6.07) is 10.3. The van der Waals surface area contributed by atoms with Crippen molar-refractivity contribution in [3.63, 3.8) is 0 Å². The van der Waals surface area contributed by atoms with Crippen molar-refractivity contribution in [2.24, 2.45) is 5.41 Å². The molecule has 0 amide bonds. The van der Waals surface area contributed by atoms with Gasteiger partial charge in [0, 0.05) is 25.0 Å². The van der Waals surface area contributed by atoms with Gasteiger partial charge in [0.2, 0.25) is 0 Å². The topological polar surface area (TPSA) is 26.3 Å². The maximum Gasteiger partial charge on any atom is 0.139 e. The van der Waals surface area contributed by atoms with Crippen LogP contribution in [0.2, 0.25) is 0 Å². The van der Waals surface area contributed by atoms with Crippen molar-refractivity contribution in [1.82, 2.24) is 0 Å². The van der Waals surface area contributed by atoms with Gasteiger partial charge >= 0.3 is 0 Å². The minimum Gasteiger partial charge on any atom is -0.381 e. The van der Waals surface area contributed by atoms with E-state index in [0.29, 0.717) is 12.2 Å². The second-order valence-electron chi connectivity index (χ2n) is 5.55. The summed E-state index contributed by atoms with van der Waals surface area (Å²) >= 11 is 0. The van der Waals surface area contributed by atoms with Crippen LogP contribution in [0.1, 0.15) is 44.6 Å². The van der Waals surface area contributed by atoms with E-state index in [1.165, 1.54) is 5.56 Å². The Balaban J connectivity index is 1.96. The van der Waals surface area contributed by atoms with Crippen molar-refractivity contribution in [3.05, 3.63) is 35.9 Å². The number of ether oxygens (including phenoxy) is 1. The highest BCUT2D eigenvalue weighted by atomic mass is 16.5. The van der Waals surface area contributed by atoms with Gasteiger partial charge in [0.25, 0.3) is 0 Å². The zero-order valence-corrected chi connectivity index (χ0v) is 11.9. The lowest BCUT2D eigenvalue weighted by Gasteiger charge is -2.35. The first kappa shape index (κ1) is 14.3. The molecule has 1 heterocycles. The number of benzene rings is 1. The van der Waals surface area contributed by atoms with Crippen molar-refractivity contribution < 1.29 is 9.53 Å². The average Bonchev–Trinajstić information content (AvgIpc) is 2.47. The molecule has 104 valence electrons. The number of Topliss-reactive ketones (excluding diaryl/α,β-unsaturated/α-hetero) is 1. The fraction of sp³-hybridized carbons (Fsp3) is 0.588. The molecule has 0 radical (unpaired) electrons. The largest absolute Gasteiger partial charge is 0.381 e. The zero-order chi connectivity index (χ0) is 13.6. The summed E-state index contributed by atoms with van der Waals surface area (Å²) in [5.41, 5.74) is 1.16. The first-order chi connectivity index (χ1) is 9.27. The molecule has 2 rings (SSSR count). The molecule has 2 nitrogen and oxygen atoms in total. The number of ketones is 1. The summed E-state index contributed by atoms with van der Waals surface area (Å²) in [5.74, 6) is 0.446. The molecule has 0 aliphatic carbocycles. The van der Waals surface area contributed by atoms with Crippen LogP contribution in [-0.4, -0.2) is 19.0 Å². The highest BCUT2D eigenvalue weighted by molar-refractivity contribution is 5.85. The lowest BCUT2D eigenvalue weighted by atomic mass is 9.71. The number of aryl methyl sites for hydroxylation is 1. The molecule has 1 aromatic rings. The summed E-state index contributed by atoms with van der Waals surface area (Å²) in [6.45, 7) is 3.66. The third kappa shape index (κ3) is 3.66. The minimum absolute atomic E-state index is 0.0955. The quantitative estimate of drug-likeness (QED) is 0.778. The molecule has 0 aromatic heterocycles. The fourth-order valence-electron chi connectivity index (χ4n) is 3.08. The Morgan fingerprint density at radius 3 is 2.53 bits per heavy atom. The Bertz CT molecular complexity index is 385. The summed E-state index contributed by atoms with van der Waals surface area (Å²) in [4.78, 5) is 12.6. The molecule has 0 atom stereocenters. The van der Waals surface area contributed by atoms with E-state index in [9.17, 15) is 4.79 Å². The van der Waals surface area contributed by atoms with Gasteiger partial charge in [-0.05, 0) is 31.2 Å². The highest BCUT2D eigenvalue weighted by Gasteiger charge is 2.37. The Morgan fingerprint density at radius 1 is 1.21 bits per heavy atom. The van der Waals surface area contributed by atoms with Crippen LogP contribution in [0.4, 0.5) is 0 Å². The number of rotatable bonds is 6. The van der Waals surface area contributed by atoms with E-state index in [1.807, 2.05) is 18.2 Å². The predicted molar refractivity (Wildman–Crippen MR) is 77.2 cm³/mol. The number of carbonyl (C=O) groups excluding carboxylic acids is 1. The van der Waals surface area contributed by atoms with E-state index in [2.05, 4.69) is 19.1 Å². The van der Waals surface area contributed by atoms with Gasteiger partial charge in [-0.3, -0.25) is 4.79 Å². The zero-order valence-electron chi connectivity index (χ0n) is 11.9. The molecule has 0 bridgehead atoms. The van der Waals surface area contributed by atoms with Crippen LogP contribution in [0.3, 0.4) is 0 Å². The molecule has 0 unspecified atom stereocenters. The standard InChI is InChI=1S/C17H24O2/c1-2-10-17(11-13-19-14-12-17)16(18)9-8-15-6-4-3-5-7-15/h3-7H,2,8-14H2,1H3. The summed E-state index contributed by atoms with van der Waals surface area (Å²) in [5, 5.41) is 0. The van der Waals surface area contributed by atoms with Gasteiger partial charge in [-0.25, -0.2) is 0 Å². The van der Waals surface area contributed by atoms with Crippen molar-refractivity contribution in [2.45, 2.75) is 45.4 Å². The summed E-state index contributed by atoms with van der Waals surface area (Å²) in [7, 11) is 0. The van der Waals surface area contributed by atoms with E-state index in [4.69, 9.17) is 4.74 Å². The maximum absolute atomic E-state index is 12.6. The van der Waals surface area contributed by atoms with Crippen molar-refractivity contribution in [2.75, 3.05) is 13.2 Å². The van der Waals surface area contributed by atoms with Gasteiger partial charge in [-0.1, -0.05) is 43.7 Å². The van der Waals surface area contributed by atoms with Gasteiger partial charge in [-0.15, -0.1) is 0 Å². The Labute approximate surface area is 116 Å². The maximum atomic E-state index is 12.6. The molecule has 19 heavy (non-hydrogen) atoms. The molecular formula is C17H24O2. The summed E-state index contributed by atoms with van der Waals surface area (Å²) in [6.07, 6.45) is 5.46. The molecule has 2 heteroatoms. The van der Waals surface area contributed by atoms with Crippen LogP contribution in [0.15, 0.2) is 30.3 Å². The first-order valence-electron chi connectivity index (χ1n) is 7.42. The third-order valence-corrected chi connectivity index (χ3v) is 4.25. The van der Waals surface area contributed by atoms with Gasteiger partial charge in [0.05, 0.1) is 0 Å². The van der Waals surface area contributed by atoms with E-state index in [1.54, 1.807) is 0 Å². The number of hydrogen-bond acceptors (Lipinski definition) is 2. The van der Waals surface area contributed by atoms with Crippen LogP contribution >= 0.6 is 0 Å². The first-order valence-corrected chi connectivity index (χ1v) is 7.42. The average molecular weight is 260 g/mol. The van der Waals surface area contributed by atoms with Crippen LogP contribution in [0, 0.1) is 5.41 Å². The van der Waals surface area contributed by atoms with Gasteiger partial charge in [0.15, 0.2) is 0 Å². The SMILES string of the molecule is CCCC1(C(=O)CCc2ccccc2)CCOCC1. The van der Waals surface area contributed by atoms with Crippen LogP contribution in [0.25, 0.3) is 0 Å². The van der Waals surface area contributed by atoms with E-state index in [-0.39, 0.29) is 5.41 Å². The van der Waals surface area contributed by atoms with Crippen LogP contribution in [-0.2, 0) is 16.0 Å². The smallest absolute Gasteiger partial charge is 0.139 e. The van der Waals surface area contributed by atoms with Gasteiger partial charge in [-0.2, -0.15) is 0 Å². The Kier molecular flexibility index (Phi) is 5.15. The lowest BCUT2D eigenvalue weighted by Crippen LogP contribution is -2.37. The van der Waals surface area contributed by atoms with Crippen molar-refractivity contribution in [3.8, 4) is 0 Å². The van der Waals surface area contributed by atoms with E-state index < -0.39 is 0 Å². The van der Waals surface area contributed by atoms with Crippen LogP contribution in [0.5, 0.6) is 0 Å². The molecule has 0 saturated carbocycles. The predicted octanol–water partition coefficient (Wildman–Crippen LogP) is 3.79. The van der Waals surface area contributed by atoms with Crippen molar-refractivity contribution >= 4 is 5.78 Å². The second-order valence-corrected chi connectivity index (χ2v) is 5.55. The van der Waals surface area contributed by atoms with Gasteiger partial charge in [0.1, 0.15) is 5.78 Å². The highest BCUT2D eigenvalue weighted by Crippen LogP contribution is 2.37. The number of carbonyl (C=O) groups is 1. The third-order valence-electron chi connectivity index (χ3n) is 4.25.